The number of amides is 2. The van der Waals surface area contributed by atoms with E-state index in [4.69, 9.17) is 43.6 Å². The van der Waals surface area contributed by atoms with E-state index in [0.29, 0.717) is 104 Å². The van der Waals surface area contributed by atoms with Crippen LogP contribution in [0.15, 0.2) is 0 Å². The Labute approximate surface area is 415 Å². The molecule has 0 aromatic heterocycles. The van der Waals surface area contributed by atoms with Gasteiger partial charge in [-0.1, -0.05) is 32.6 Å². The Balaban J connectivity index is 1.35. The minimum absolute atomic E-state index is 0.0119. The number of aliphatic hydroxyl groups is 6. The number of Topliss-reactive ketones (excluding diaryl/α,β-unsaturated/α-hetero) is 2. The number of carbonyl (C=O) groups is 4. The van der Waals surface area contributed by atoms with Gasteiger partial charge in [-0.25, -0.2) is 0 Å². The third-order valence-electron chi connectivity index (χ3n) is 12.9. The Hall–Kier alpha value is -2.32. The van der Waals surface area contributed by atoms with Crippen LogP contribution in [0.2, 0.25) is 0 Å². The first-order chi connectivity index (χ1) is 33.7. The van der Waals surface area contributed by atoms with Crippen molar-refractivity contribution >= 4 is 23.4 Å². The van der Waals surface area contributed by atoms with Crippen molar-refractivity contribution < 1.29 is 87.7 Å². The average molecular weight is 1010 g/mol. The summed E-state index contributed by atoms with van der Waals surface area (Å²) < 4.78 is 45.2. The number of nitrogens with two attached hydrogens (primary N) is 1. The summed E-state index contributed by atoms with van der Waals surface area (Å²) in [6, 6.07) is -0.412. The molecule has 2 saturated heterocycles. The number of unbranched alkanes of at least 4 members (excludes halogenated alkanes) is 4. The second kappa shape index (κ2) is 39.2. The number of hydrogen-bond donors (Lipinski definition) is 9. The van der Waals surface area contributed by atoms with Crippen molar-refractivity contribution in [1.29, 1.82) is 0 Å². The number of ether oxygens (including phenoxy) is 8. The fourth-order valence-electron chi connectivity index (χ4n) is 8.68. The van der Waals surface area contributed by atoms with E-state index >= 15 is 0 Å². The molecule has 0 aromatic carbocycles. The molecule has 2 fully saturated rings. The van der Waals surface area contributed by atoms with Crippen molar-refractivity contribution in [2.75, 3.05) is 106 Å². The molecule has 2 unspecified atom stereocenters. The second-order valence-electron chi connectivity index (χ2n) is 18.5. The van der Waals surface area contributed by atoms with Gasteiger partial charge >= 0.3 is 0 Å². The van der Waals surface area contributed by atoms with Crippen LogP contribution in [0.3, 0.4) is 0 Å². The number of hydrogen-bond acceptors (Lipinski definition) is 19. The molecule has 2 heterocycles. The van der Waals surface area contributed by atoms with Gasteiger partial charge in [-0.15, -0.1) is 0 Å². The Kier molecular flexibility index (Phi) is 35.7. The van der Waals surface area contributed by atoms with E-state index in [9.17, 15) is 49.8 Å². The SMILES string of the molecule is CCC(C[C@@H]1[C@@H](O)[C@@H](O)[C@@H](CO)O[C@H]1CCCCCOCCOCCNC(=O)CCOCC(N)COCCC(=O)NCCOCCOCCCCC[C@@H]1O[C@H](CO)[C@H](O)[C@H](O)[C@H]1CCC(C)=O)C(C)=O. The molecule has 12 atom stereocenters. The van der Waals surface area contributed by atoms with Gasteiger partial charge in [0.2, 0.25) is 11.8 Å². The minimum atomic E-state index is -1.19. The van der Waals surface area contributed by atoms with Gasteiger partial charge < -0.3 is 89.7 Å². The van der Waals surface area contributed by atoms with Crippen LogP contribution < -0.4 is 16.4 Å². The molecule has 21 nitrogen and oxygen atoms in total. The first-order valence-corrected chi connectivity index (χ1v) is 25.7. The van der Waals surface area contributed by atoms with Crippen LogP contribution in [0.5, 0.6) is 0 Å². The predicted molar refractivity (Wildman–Crippen MR) is 257 cm³/mol. The average Bonchev–Trinajstić information content (AvgIpc) is 3.33. The summed E-state index contributed by atoms with van der Waals surface area (Å²) in [5.74, 6) is -1.25. The zero-order valence-electron chi connectivity index (χ0n) is 42.3. The van der Waals surface area contributed by atoms with Crippen LogP contribution in [0.1, 0.15) is 111 Å². The smallest absolute Gasteiger partial charge is 0.222 e. The van der Waals surface area contributed by atoms with Crippen LogP contribution in [0.25, 0.3) is 0 Å². The Morgan fingerprint density at radius 3 is 1.40 bits per heavy atom. The normalized spacial score (nSPS) is 25.6. The van der Waals surface area contributed by atoms with Gasteiger partial charge in [0, 0.05) is 63.3 Å². The van der Waals surface area contributed by atoms with Gasteiger partial charge in [-0.2, -0.15) is 0 Å². The van der Waals surface area contributed by atoms with Crippen LogP contribution in [0, 0.1) is 17.8 Å². The lowest BCUT2D eigenvalue weighted by atomic mass is 9.77. The molecule has 410 valence electrons. The summed E-state index contributed by atoms with van der Waals surface area (Å²) >= 11 is 0. The maximum Gasteiger partial charge on any atom is 0.222 e. The maximum atomic E-state index is 12.1. The van der Waals surface area contributed by atoms with Crippen LogP contribution in [-0.4, -0.2) is 214 Å². The number of ketones is 2. The van der Waals surface area contributed by atoms with E-state index in [1.165, 1.54) is 6.92 Å². The largest absolute Gasteiger partial charge is 0.394 e. The van der Waals surface area contributed by atoms with E-state index in [-0.39, 0.29) is 106 Å². The van der Waals surface area contributed by atoms with Gasteiger partial charge in [0.1, 0.15) is 36.0 Å². The van der Waals surface area contributed by atoms with Crippen molar-refractivity contribution in [2.45, 2.75) is 166 Å². The fourth-order valence-corrected chi connectivity index (χ4v) is 8.68. The highest BCUT2D eigenvalue weighted by molar-refractivity contribution is 5.78. The predicted octanol–water partition coefficient (Wildman–Crippen LogP) is 0.117. The van der Waals surface area contributed by atoms with Gasteiger partial charge in [0.25, 0.3) is 0 Å². The molecule has 21 heteroatoms. The molecular formula is C49H91N3O18. The first kappa shape index (κ1) is 63.8. The Morgan fingerprint density at radius 1 is 0.529 bits per heavy atom. The van der Waals surface area contributed by atoms with E-state index in [1.54, 1.807) is 6.92 Å². The molecule has 0 aromatic rings. The molecule has 0 spiro atoms. The number of aliphatic hydroxyl groups excluding tert-OH is 6. The first-order valence-electron chi connectivity index (χ1n) is 25.7. The summed E-state index contributed by atoms with van der Waals surface area (Å²) in [5.41, 5.74) is 6.03. The van der Waals surface area contributed by atoms with Crippen molar-refractivity contribution in [3.63, 3.8) is 0 Å². The minimum Gasteiger partial charge on any atom is -0.394 e. The molecular weight excluding hydrogens is 919 g/mol. The summed E-state index contributed by atoms with van der Waals surface area (Å²) in [7, 11) is 0. The molecule has 2 amide bonds. The fraction of sp³-hybridized carbons (Fsp3) is 0.918. The van der Waals surface area contributed by atoms with E-state index in [0.717, 1.165) is 38.5 Å². The third kappa shape index (κ3) is 27.1. The standard InChI is InChI=1S/C49H91N3O18/c1-4-36(35(3)56)29-39-41(70-43(31-54)49(62)47(39)60)12-8-6-10-20-64-26-28-66-24-18-52-45(58)16-22-68-33-37(50)32-67-21-15-44(57)51-17-23-65-27-25-63-19-9-5-7-11-40-38(14-13-34(2)55)46(59)48(61)42(30-53)69-40/h36-43,46-49,53-54,59-62H,4-33,50H2,1-3H3,(H,51,57)(H,52,58)/t36?,37?,38-,39-,40-,41-,42+,43+,46+,47+,48-,49-/m0/s1. The lowest BCUT2D eigenvalue weighted by molar-refractivity contribution is -0.213. The topological polar surface area (TPSA) is 314 Å². The molecule has 2 aliphatic heterocycles. The highest BCUT2D eigenvalue weighted by Crippen LogP contribution is 2.35. The summed E-state index contributed by atoms with van der Waals surface area (Å²) in [5, 5.41) is 66.7. The molecule has 2 aliphatic rings. The number of nitrogens with one attached hydrogen (secondary N) is 2. The number of rotatable bonds is 43. The zero-order valence-corrected chi connectivity index (χ0v) is 42.3. The summed E-state index contributed by atoms with van der Waals surface area (Å²) in [6.45, 7) is 9.08. The summed E-state index contributed by atoms with van der Waals surface area (Å²) in [6.07, 6.45) is 1.51. The van der Waals surface area contributed by atoms with Crippen molar-refractivity contribution in [2.24, 2.45) is 23.5 Å². The maximum absolute atomic E-state index is 12.1. The Morgan fingerprint density at radius 2 is 0.971 bits per heavy atom. The van der Waals surface area contributed by atoms with Crippen LogP contribution in [-0.2, 0) is 57.1 Å². The molecule has 2 rings (SSSR count). The molecule has 0 bridgehead atoms. The third-order valence-corrected chi connectivity index (χ3v) is 12.9. The number of carbonyl (C=O) groups excluding carboxylic acids is 4. The van der Waals surface area contributed by atoms with Crippen molar-refractivity contribution in [1.82, 2.24) is 10.6 Å². The van der Waals surface area contributed by atoms with Crippen molar-refractivity contribution in [3.05, 3.63) is 0 Å². The van der Waals surface area contributed by atoms with Crippen LogP contribution >= 0.6 is 0 Å². The lowest BCUT2D eigenvalue weighted by Crippen LogP contribution is -2.56. The lowest BCUT2D eigenvalue weighted by Gasteiger charge is -2.43. The molecule has 70 heavy (non-hydrogen) atoms. The monoisotopic (exact) mass is 1010 g/mol. The molecule has 10 N–H and O–H groups in total. The second-order valence-corrected chi connectivity index (χ2v) is 18.5. The van der Waals surface area contributed by atoms with E-state index in [2.05, 4.69) is 10.6 Å². The van der Waals surface area contributed by atoms with E-state index < -0.39 is 42.7 Å². The molecule has 0 aliphatic carbocycles. The highest BCUT2D eigenvalue weighted by atomic mass is 16.5. The molecule has 0 radical (unpaired) electrons. The van der Waals surface area contributed by atoms with Gasteiger partial charge in [-0.05, 0) is 58.8 Å². The highest BCUT2D eigenvalue weighted by Gasteiger charge is 2.45. The summed E-state index contributed by atoms with van der Waals surface area (Å²) in [4.78, 5) is 47.8. The van der Waals surface area contributed by atoms with Gasteiger partial charge in [0.15, 0.2) is 0 Å². The Bertz CT molecular complexity index is 1390. The van der Waals surface area contributed by atoms with E-state index in [1.807, 2.05) is 6.92 Å². The van der Waals surface area contributed by atoms with Gasteiger partial charge in [-0.3, -0.25) is 14.4 Å². The van der Waals surface area contributed by atoms with Crippen LogP contribution in [0.4, 0.5) is 0 Å². The quantitative estimate of drug-likeness (QED) is 0.0366. The molecule has 0 saturated carbocycles. The zero-order chi connectivity index (χ0) is 51.5. The van der Waals surface area contributed by atoms with Crippen molar-refractivity contribution in [3.8, 4) is 0 Å². The van der Waals surface area contributed by atoms with Gasteiger partial charge in [0.05, 0.1) is 110 Å².